The molecule has 0 bridgehead atoms. The molecule has 0 saturated heterocycles. The highest BCUT2D eigenvalue weighted by molar-refractivity contribution is 9.10. The van der Waals surface area contributed by atoms with E-state index in [1.807, 2.05) is 17.5 Å². The van der Waals surface area contributed by atoms with E-state index in [9.17, 15) is 5.11 Å². The third-order valence-electron chi connectivity index (χ3n) is 3.35. The standard InChI is InChI=1S/C15H16BrNO2S/c16-12-6-10-3-4-19-15(10)11(7-12)8-17-9-13(18)14-2-1-5-20-14/h1-2,5-7,13,17-18H,3-4,8-9H2. The highest BCUT2D eigenvalue weighted by atomic mass is 79.9. The van der Waals surface area contributed by atoms with Crippen LogP contribution in [0, 0.1) is 0 Å². The van der Waals surface area contributed by atoms with Gasteiger partial charge in [0.25, 0.3) is 0 Å². The van der Waals surface area contributed by atoms with E-state index >= 15 is 0 Å². The second kappa shape index (κ2) is 6.26. The lowest BCUT2D eigenvalue weighted by atomic mass is 10.1. The molecule has 20 heavy (non-hydrogen) atoms. The summed E-state index contributed by atoms with van der Waals surface area (Å²) < 4.78 is 6.77. The summed E-state index contributed by atoms with van der Waals surface area (Å²) in [4.78, 5) is 0.994. The Labute approximate surface area is 130 Å². The number of benzene rings is 1. The molecule has 0 fully saturated rings. The summed E-state index contributed by atoms with van der Waals surface area (Å²) in [5.41, 5.74) is 2.40. The van der Waals surface area contributed by atoms with Gasteiger partial charge >= 0.3 is 0 Å². The molecule has 2 N–H and O–H groups in total. The first-order valence-corrected chi connectivity index (χ1v) is 8.27. The minimum atomic E-state index is -0.448. The Bertz CT molecular complexity index is 586. The van der Waals surface area contributed by atoms with Crippen molar-refractivity contribution in [2.24, 2.45) is 0 Å². The number of hydrogen-bond acceptors (Lipinski definition) is 4. The predicted molar refractivity (Wildman–Crippen MR) is 84.3 cm³/mol. The van der Waals surface area contributed by atoms with E-state index in [1.165, 1.54) is 5.56 Å². The number of hydrogen-bond donors (Lipinski definition) is 2. The summed E-state index contributed by atoms with van der Waals surface area (Å²) in [6.45, 7) is 2.00. The van der Waals surface area contributed by atoms with Gasteiger partial charge in [0.2, 0.25) is 0 Å². The first-order valence-electron chi connectivity index (χ1n) is 6.60. The molecule has 2 aromatic rings. The fourth-order valence-electron chi connectivity index (χ4n) is 2.40. The molecule has 1 aliphatic rings. The topological polar surface area (TPSA) is 41.5 Å². The molecule has 1 unspecified atom stereocenters. The van der Waals surface area contributed by atoms with Crippen molar-refractivity contribution in [3.8, 4) is 5.75 Å². The fraction of sp³-hybridized carbons (Fsp3) is 0.333. The number of aliphatic hydroxyl groups is 1. The number of nitrogens with one attached hydrogen (secondary N) is 1. The smallest absolute Gasteiger partial charge is 0.127 e. The van der Waals surface area contributed by atoms with Gasteiger partial charge in [0.1, 0.15) is 11.9 Å². The van der Waals surface area contributed by atoms with Crippen molar-refractivity contribution in [3.63, 3.8) is 0 Å². The van der Waals surface area contributed by atoms with Gasteiger partial charge in [0.05, 0.1) is 6.61 Å². The molecule has 0 aliphatic carbocycles. The average molecular weight is 354 g/mol. The Balaban J connectivity index is 1.62. The number of rotatable bonds is 5. The van der Waals surface area contributed by atoms with Crippen LogP contribution >= 0.6 is 27.3 Å². The van der Waals surface area contributed by atoms with E-state index in [2.05, 4.69) is 33.4 Å². The van der Waals surface area contributed by atoms with Crippen molar-refractivity contribution in [2.75, 3.05) is 13.2 Å². The lowest BCUT2D eigenvalue weighted by molar-refractivity contribution is 0.178. The second-order valence-electron chi connectivity index (χ2n) is 4.81. The quantitative estimate of drug-likeness (QED) is 0.866. The molecule has 1 aromatic carbocycles. The van der Waals surface area contributed by atoms with E-state index in [4.69, 9.17) is 4.74 Å². The molecule has 0 spiro atoms. The van der Waals surface area contributed by atoms with Gasteiger partial charge < -0.3 is 15.2 Å². The van der Waals surface area contributed by atoms with Gasteiger partial charge in [0.15, 0.2) is 0 Å². The third-order valence-corrected chi connectivity index (χ3v) is 4.78. The van der Waals surface area contributed by atoms with Gasteiger partial charge in [0, 0.05) is 34.4 Å². The first kappa shape index (κ1) is 14.1. The van der Waals surface area contributed by atoms with E-state index in [-0.39, 0.29) is 0 Å². The van der Waals surface area contributed by atoms with Crippen molar-refractivity contribution >= 4 is 27.3 Å². The molecule has 0 saturated carbocycles. The number of aliphatic hydroxyl groups excluding tert-OH is 1. The Kier molecular flexibility index (Phi) is 4.41. The zero-order chi connectivity index (χ0) is 13.9. The Morgan fingerprint density at radius 1 is 1.45 bits per heavy atom. The van der Waals surface area contributed by atoms with Crippen LogP contribution in [0.2, 0.25) is 0 Å². The zero-order valence-corrected chi connectivity index (χ0v) is 13.3. The maximum atomic E-state index is 10.0. The summed E-state index contributed by atoms with van der Waals surface area (Å²) in [5.74, 6) is 1.01. The lowest BCUT2D eigenvalue weighted by Crippen LogP contribution is -2.20. The van der Waals surface area contributed by atoms with Crippen LogP contribution in [-0.2, 0) is 13.0 Å². The lowest BCUT2D eigenvalue weighted by Gasteiger charge is -2.13. The average Bonchev–Trinajstić information content (AvgIpc) is 3.09. The normalized spacial score (nSPS) is 14.9. The summed E-state index contributed by atoms with van der Waals surface area (Å²) >= 11 is 5.11. The minimum absolute atomic E-state index is 0.448. The highest BCUT2D eigenvalue weighted by Gasteiger charge is 2.17. The molecule has 1 atom stereocenters. The van der Waals surface area contributed by atoms with Crippen LogP contribution in [0.1, 0.15) is 22.1 Å². The molecular formula is C15H16BrNO2S. The maximum absolute atomic E-state index is 10.0. The molecule has 106 valence electrons. The van der Waals surface area contributed by atoms with E-state index in [0.717, 1.165) is 33.7 Å². The first-order chi connectivity index (χ1) is 9.74. The number of fused-ring (bicyclic) bond motifs is 1. The SMILES string of the molecule is OC(CNCc1cc(Br)cc2c1OCC2)c1cccs1. The van der Waals surface area contributed by atoms with Crippen molar-refractivity contribution < 1.29 is 9.84 Å². The second-order valence-corrected chi connectivity index (χ2v) is 6.71. The van der Waals surface area contributed by atoms with Gasteiger partial charge in [-0.1, -0.05) is 22.0 Å². The third kappa shape index (κ3) is 3.06. The van der Waals surface area contributed by atoms with Crippen LogP contribution in [-0.4, -0.2) is 18.3 Å². The molecule has 2 heterocycles. The van der Waals surface area contributed by atoms with Crippen LogP contribution in [0.5, 0.6) is 5.75 Å². The highest BCUT2D eigenvalue weighted by Crippen LogP contribution is 2.33. The predicted octanol–water partition coefficient (Wildman–Crippen LogP) is 3.27. The number of ether oxygens (including phenoxy) is 1. The summed E-state index contributed by atoms with van der Waals surface area (Å²) in [6.07, 6.45) is 0.524. The zero-order valence-electron chi connectivity index (χ0n) is 10.9. The summed E-state index contributed by atoms with van der Waals surface area (Å²) in [7, 11) is 0. The monoisotopic (exact) mass is 353 g/mol. The van der Waals surface area contributed by atoms with Crippen LogP contribution in [0.4, 0.5) is 0 Å². The fourth-order valence-corrected chi connectivity index (χ4v) is 3.67. The van der Waals surface area contributed by atoms with Crippen molar-refractivity contribution in [1.82, 2.24) is 5.32 Å². The Morgan fingerprint density at radius 2 is 2.35 bits per heavy atom. The van der Waals surface area contributed by atoms with Crippen LogP contribution in [0.15, 0.2) is 34.1 Å². The molecule has 0 amide bonds. The van der Waals surface area contributed by atoms with Crippen LogP contribution in [0.25, 0.3) is 0 Å². The van der Waals surface area contributed by atoms with Gasteiger partial charge in [-0.3, -0.25) is 0 Å². The van der Waals surface area contributed by atoms with Gasteiger partial charge in [-0.25, -0.2) is 0 Å². The van der Waals surface area contributed by atoms with E-state index in [0.29, 0.717) is 13.1 Å². The van der Waals surface area contributed by atoms with Crippen molar-refractivity contribution in [2.45, 2.75) is 19.1 Å². The molecule has 1 aliphatic heterocycles. The minimum Gasteiger partial charge on any atom is -0.493 e. The number of halogens is 1. The molecule has 3 nitrogen and oxygen atoms in total. The Morgan fingerprint density at radius 3 is 3.15 bits per heavy atom. The van der Waals surface area contributed by atoms with Crippen LogP contribution < -0.4 is 10.1 Å². The molecule has 5 heteroatoms. The molecule has 1 aromatic heterocycles. The van der Waals surface area contributed by atoms with E-state index < -0.39 is 6.10 Å². The summed E-state index contributed by atoms with van der Waals surface area (Å²) in [6, 6.07) is 8.11. The maximum Gasteiger partial charge on any atom is 0.127 e. The largest absolute Gasteiger partial charge is 0.493 e. The Hall–Kier alpha value is -0.880. The van der Waals surface area contributed by atoms with Gasteiger partial charge in [-0.2, -0.15) is 0 Å². The van der Waals surface area contributed by atoms with Gasteiger partial charge in [-0.05, 0) is 29.1 Å². The molecular weight excluding hydrogens is 338 g/mol. The summed E-state index contributed by atoms with van der Waals surface area (Å²) in [5, 5.41) is 15.3. The van der Waals surface area contributed by atoms with Crippen LogP contribution in [0.3, 0.4) is 0 Å². The number of thiophene rings is 1. The van der Waals surface area contributed by atoms with Crippen molar-refractivity contribution in [1.29, 1.82) is 0 Å². The van der Waals surface area contributed by atoms with Crippen molar-refractivity contribution in [3.05, 3.63) is 50.1 Å². The van der Waals surface area contributed by atoms with E-state index in [1.54, 1.807) is 11.3 Å². The van der Waals surface area contributed by atoms with Gasteiger partial charge in [-0.15, -0.1) is 11.3 Å². The molecule has 0 radical (unpaired) electrons. The molecule has 3 rings (SSSR count).